The van der Waals surface area contributed by atoms with Gasteiger partial charge in [-0.25, -0.2) is 0 Å². The fourth-order valence-electron chi connectivity index (χ4n) is 5.84. The van der Waals surface area contributed by atoms with Gasteiger partial charge in [-0.1, -0.05) is 93.4 Å². The van der Waals surface area contributed by atoms with Crippen molar-refractivity contribution in [2.24, 2.45) is 29.6 Å². The van der Waals surface area contributed by atoms with Gasteiger partial charge in [0.1, 0.15) is 0 Å². The first-order valence-corrected chi connectivity index (χ1v) is 21.7. The van der Waals surface area contributed by atoms with Crippen LogP contribution in [0.1, 0.15) is 153 Å². The normalized spacial score (nSPS) is 11.7. The predicted octanol–water partition coefficient (Wildman–Crippen LogP) is 7.01. The van der Waals surface area contributed by atoms with Crippen molar-refractivity contribution in [2.45, 2.75) is 149 Å². The standard InChI is InChI=1S/C12H15NO2.C12H21NO2.C9H17NO2.2C7H13NO2/c1-9(2)11(14)13(3)12(15)10-7-5-4-6-8-10;1-4-13(11(14)9(2)3)12(15)10-7-5-6-8-10;1-5-8(11)10(6-2)9(12)7(3)4;1-5(2)7(10)8(4)6(3)9;1-5(2)8(6(3)9)7(4)10/h4-9H,1-3H3;9-10H,4-8H2,1-3H3;7H,5-6H2,1-4H3;2*5H,1-4H3. The van der Waals surface area contributed by atoms with Crippen molar-refractivity contribution in [1.29, 1.82) is 0 Å². The maximum absolute atomic E-state index is 12.0. The first-order valence-electron chi connectivity index (χ1n) is 21.7. The molecule has 0 aromatic heterocycles. The van der Waals surface area contributed by atoms with Gasteiger partial charge in [-0.2, -0.15) is 0 Å². The lowest BCUT2D eigenvalue weighted by atomic mass is 10.1. The molecule has 1 aromatic rings. The number of carbonyl (C=O) groups excluding carboxylic acids is 10. The molecule has 1 aliphatic carbocycles. The molecule has 62 heavy (non-hydrogen) atoms. The number of nitrogens with zero attached hydrogens (tertiary/aromatic N) is 5. The van der Waals surface area contributed by atoms with Crippen LogP contribution in [0.4, 0.5) is 0 Å². The van der Waals surface area contributed by atoms with Gasteiger partial charge in [0, 0.05) is 95.6 Å². The van der Waals surface area contributed by atoms with Gasteiger partial charge >= 0.3 is 0 Å². The molecular weight excluding hydrogens is 795 g/mol. The van der Waals surface area contributed by atoms with Gasteiger partial charge in [0.2, 0.25) is 53.2 Å². The molecule has 15 heteroatoms. The second-order valence-corrected chi connectivity index (χ2v) is 16.3. The van der Waals surface area contributed by atoms with E-state index in [4.69, 9.17) is 0 Å². The van der Waals surface area contributed by atoms with Crippen molar-refractivity contribution in [1.82, 2.24) is 24.5 Å². The maximum atomic E-state index is 12.0. The van der Waals surface area contributed by atoms with Crippen molar-refractivity contribution in [3.63, 3.8) is 0 Å². The van der Waals surface area contributed by atoms with Crippen LogP contribution < -0.4 is 0 Å². The minimum atomic E-state index is -0.255. The lowest BCUT2D eigenvalue weighted by molar-refractivity contribution is -0.150. The smallest absolute Gasteiger partial charge is 0.260 e. The topological polar surface area (TPSA) is 187 Å². The highest BCUT2D eigenvalue weighted by atomic mass is 16.2. The molecule has 352 valence electrons. The summed E-state index contributed by atoms with van der Waals surface area (Å²) in [5.74, 6) is -1.64. The zero-order valence-corrected chi connectivity index (χ0v) is 41.1. The van der Waals surface area contributed by atoms with Crippen LogP contribution in [0.25, 0.3) is 0 Å². The van der Waals surface area contributed by atoms with Gasteiger partial charge in [-0.15, -0.1) is 0 Å². The Morgan fingerprint density at radius 1 is 0.532 bits per heavy atom. The molecule has 0 bridgehead atoms. The Morgan fingerprint density at radius 2 is 0.903 bits per heavy atom. The highest BCUT2D eigenvalue weighted by Gasteiger charge is 2.30. The van der Waals surface area contributed by atoms with Crippen LogP contribution in [-0.4, -0.2) is 117 Å². The van der Waals surface area contributed by atoms with E-state index in [1.165, 1.54) is 54.5 Å². The van der Waals surface area contributed by atoms with Crippen LogP contribution in [0.15, 0.2) is 30.3 Å². The Kier molecular flexibility index (Phi) is 31.3. The van der Waals surface area contributed by atoms with E-state index in [1.54, 1.807) is 72.7 Å². The summed E-state index contributed by atoms with van der Waals surface area (Å²) in [5, 5.41) is 0. The summed E-state index contributed by atoms with van der Waals surface area (Å²) in [4.78, 5) is 119. The molecular formula is C47H79N5O10. The van der Waals surface area contributed by atoms with Gasteiger partial charge < -0.3 is 0 Å². The number of amides is 10. The lowest BCUT2D eigenvalue weighted by Crippen LogP contribution is -2.42. The molecule has 1 aliphatic rings. The van der Waals surface area contributed by atoms with Gasteiger partial charge in [0.05, 0.1) is 0 Å². The Morgan fingerprint density at radius 3 is 1.18 bits per heavy atom. The Bertz CT molecular complexity index is 1600. The van der Waals surface area contributed by atoms with Crippen LogP contribution in [0, 0.1) is 29.6 Å². The van der Waals surface area contributed by atoms with Crippen LogP contribution in [0.3, 0.4) is 0 Å². The molecule has 0 spiro atoms. The third kappa shape index (κ3) is 22.7. The fourth-order valence-corrected chi connectivity index (χ4v) is 5.84. The van der Waals surface area contributed by atoms with E-state index in [0.29, 0.717) is 25.1 Å². The van der Waals surface area contributed by atoms with Gasteiger partial charge in [0.15, 0.2) is 0 Å². The molecule has 0 saturated heterocycles. The van der Waals surface area contributed by atoms with E-state index in [9.17, 15) is 47.9 Å². The number of benzene rings is 1. The van der Waals surface area contributed by atoms with Crippen LogP contribution in [0.5, 0.6) is 0 Å². The molecule has 1 fully saturated rings. The Balaban J connectivity index is -0.000000711. The summed E-state index contributed by atoms with van der Waals surface area (Å²) < 4.78 is 0. The quantitative estimate of drug-likeness (QED) is 0.237. The number of carbonyl (C=O) groups is 10. The molecule has 0 radical (unpaired) electrons. The monoisotopic (exact) mass is 874 g/mol. The van der Waals surface area contributed by atoms with Crippen molar-refractivity contribution in [3.8, 4) is 0 Å². The van der Waals surface area contributed by atoms with Crippen molar-refractivity contribution < 1.29 is 47.9 Å². The van der Waals surface area contributed by atoms with Crippen molar-refractivity contribution in [3.05, 3.63) is 35.9 Å². The largest absolute Gasteiger partial charge is 0.286 e. The van der Waals surface area contributed by atoms with E-state index in [0.717, 1.165) is 30.6 Å². The Hall–Kier alpha value is -5.08. The van der Waals surface area contributed by atoms with E-state index in [2.05, 4.69) is 0 Å². The zero-order valence-electron chi connectivity index (χ0n) is 41.1. The summed E-state index contributed by atoms with van der Waals surface area (Å²) in [5.41, 5.74) is 0.536. The minimum Gasteiger partial charge on any atom is -0.286 e. The summed E-state index contributed by atoms with van der Waals surface area (Å²) >= 11 is 0. The molecule has 1 aromatic carbocycles. The average molecular weight is 874 g/mol. The molecule has 0 unspecified atom stereocenters. The zero-order chi connectivity index (χ0) is 49.2. The molecule has 0 N–H and O–H groups in total. The van der Waals surface area contributed by atoms with E-state index in [-0.39, 0.29) is 94.7 Å². The summed E-state index contributed by atoms with van der Waals surface area (Å²) in [6.45, 7) is 28.6. The average Bonchev–Trinajstić information content (AvgIpc) is 3.76. The SMILES string of the molecule is CC(=O)N(C(C)=O)C(C)C.CC(=O)N(C)C(=O)C(C)C.CC(C)C(=O)N(C)C(=O)c1ccccc1.CCC(=O)N(CC)C(=O)C(C)C.CCN(C(=O)C(C)C)C(=O)C1CCCC1. The van der Waals surface area contributed by atoms with Crippen molar-refractivity contribution in [2.75, 3.05) is 27.2 Å². The molecule has 0 heterocycles. The maximum Gasteiger partial charge on any atom is 0.260 e. The van der Waals surface area contributed by atoms with Gasteiger partial charge in [-0.05, 0) is 52.7 Å². The van der Waals surface area contributed by atoms with Crippen LogP contribution in [-0.2, 0) is 43.2 Å². The van der Waals surface area contributed by atoms with Crippen molar-refractivity contribution >= 4 is 59.1 Å². The fraction of sp³-hybridized carbons (Fsp3) is 0.660. The third-order valence-corrected chi connectivity index (χ3v) is 9.37. The summed E-state index contributed by atoms with van der Waals surface area (Å²) in [6.07, 6.45) is 4.57. The highest BCUT2D eigenvalue weighted by Crippen LogP contribution is 2.27. The first-order chi connectivity index (χ1) is 28.6. The van der Waals surface area contributed by atoms with Crippen LogP contribution in [0.2, 0.25) is 0 Å². The highest BCUT2D eigenvalue weighted by molar-refractivity contribution is 6.05. The summed E-state index contributed by atoms with van der Waals surface area (Å²) in [7, 11) is 3.00. The third-order valence-electron chi connectivity index (χ3n) is 9.37. The van der Waals surface area contributed by atoms with Gasteiger partial charge in [-0.3, -0.25) is 72.4 Å². The lowest BCUT2D eigenvalue weighted by Gasteiger charge is -2.23. The van der Waals surface area contributed by atoms with E-state index >= 15 is 0 Å². The molecule has 10 amide bonds. The number of rotatable bonds is 10. The van der Waals surface area contributed by atoms with Gasteiger partial charge in [0.25, 0.3) is 5.91 Å². The predicted molar refractivity (Wildman–Crippen MR) is 242 cm³/mol. The number of hydrogen-bond donors (Lipinski definition) is 0. The molecule has 2 rings (SSSR count). The molecule has 1 saturated carbocycles. The summed E-state index contributed by atoms with van der Waals surface area (Å²) in [6, 6.07) is 8.76. The van der Waals surface area contributed by atoms with E-state index in [1.807, 2.05) is 47.6 Å². The molecule has 0 aliphatic heterocycles. The second kappa shape index (κ2) is 31.7. The number of imide groups is 5. The minimum absolute atomic E-state index is 0.0324. The Labute approximate surface area is 372 Å². The molecule has 0 atom stereocenters. The van der Waals surface area contributed by atoms with E-state index < -0.39 is 0 Å². The molecule has 15 nitrogen and oxygen atoms in total. The number of hydrogen-bond acceptors (Lipinski definition) is 10. The van der Waals surface area contributed by atoms with Crippen LogP contribution >= 0.6 is 0 Å². The second-order valence-electron chi connectivity index (χ2n) is 16.3. The first kappa shape index (κ1) is 61.2.